The van der Waals surface area contributed by atoms with E-state index in [0.29, 0.717) is 18.7 Å². The zero-order chi connectivity index (χ0) is 12.0. The van der Waals surface area contributed by atoms with E-state index in [2.05, 4.69) is 0 Å². The zero-order valence-corrected chi connectivity index (χ0v) is 9.64. The van der Waals surface area contributed by atoms with E-state index in [1.54, 1.807) is 25.3 Å². The molecular formula is C11H17BO4. The Morgan fingerprint density at radius 3 is 2.56 bits per heavy atom. The maximum absolute atomic E-state index is 8.98. The summed E-state index contributed by atoms with van der Waals surface area (Å²) in [5, 5.41) is 18.0. The molecule has 0 radical (unpaired) electrons. The van der Waals surface area contributed by atoms with Gasteiger partial charge in [0.2, 0.25) is 0 Å². The van der Waals surface area contributed by atoms with Gasteiger partial charge < -0.3 is 19.5 Å². The van der Waals surface area contributed by atoms with Gasteiger partial charge in [-0.2, -0.15) is 0 Å². The third-order valence-corrected chi connectivity index (χ3v) is 2.25. The van der Waals surface area contributed by atoms with E-state index >= 15 is 0 Å². The molecule has 0 unspecified atom stereocenters. The monoisotopic (exact) mass is 224 g/mol. The van der Waals surface area contributed by atoms with Crippen molar-refractivity contribution in [2.24, 2.45) is 0 Å². The fourth-order valence-corrected chi connectivity index (χ4v) is 1.38. The van der Waals surface area contributed by atoms with Crippen molar-refractivity contribution in [3.05, 3.63) is 23.8 Å². The van der Waals surface area contributed by atoms with Gasteiger partial charge in [0.05, 0.1) is 6.61 Å². The maximum atomic E-state index is 8.98. The van der Waals surface area contributed by atoms with Crippen LogP contribution in [-0.2, 0) is 4.74 Å². The van der Waals surface area contributed by atoms with Gasteiger partial charge in [0.25, 0.3) is 0 Å². The molecule has 0 fully saturated rings. The van der Waals surface area contributed by atoms with Crippen LogP contribution in [0.3, 0.4) is 0 Å². The first-order valence-corrected chi connectivity index (χ1v) is 5.23. The molecule has 88 valence electrons. The molecule has 0 atom stereocenters. The molecular weight excluding hydrogens is 207 g/mol. The van der Waals surface area contributed by atoms with E-state index in [1.807, 2.05) is 6.92 Å². The lowest BCUT2D eigenvalue weighted by Crippen LogP contribution is -2.29. The molecule has 0 aliphatic heterocycles. The van der Waals surface area contributed by atoms with Crippen LogP contribution in [0.1, 0.15) is 12.0 Å². The molecule has 1 aromatic carbocycles. The summed E-state index contributed by atoms with van der Waals surface area (Å²) in [6.07, 6.45) is 0.834. The maximum Gasteiger partial charge on any atom is 0.488 e. The fourth-order valence-electron chi connectivity index (χ4n) is 1.38. The van der Waals surface area contributed by atoms with Gasteiger partial charge in [-0.15, -0.1) is 0 Å². The number of ether oxygens (including phenoxy) is 2. The summed E-state index contributed by atoms with van der Waals surface area (Å²) >= 11 is 0. The Labute approximate surface area is 96.0 Å². The normalized spacial score (nSPS) is 10.2. The van der Waals surface area contributed by atoms with Crippen LogP contribution in [0.25, 0.3) is 0 Å². The summed E-state index contributed by atoms with van der Waals surface area (Å²) in [5.74, 6) is 0.764. The van der Waals surface area contributed by atoms with E-state index in [-0.39, 0.29) is 0 Å². The second-order valence-corrected chi connectivity index (χ2v) is 3.59. The lowest BCUT2D eigenvalue weighted by atomic mass is 9.79. The predicted molar refractivity (Wildman–Crippen MR) is 63.0 cm³/mol. The zero-order valence-electron chi connectivity index (χ0n) is 9.64. The number of hydrogen-bond donors (Lipinski definition) is 2. The molecule has 0 saturated carbocycles. The van der Waals surface area contributed by atoms with Crippen molar-refractivity contribution in [1.29, 1.82) is 0 Å². The van der Waals surface area contributed by atoms with Crippen LogP contribution in [0.15, 0.2) is 18.2 Å². The Bertz CT molecular complexity index is 328. The lowest BCUT2D eigenvalue weighted by molar-refractivity contribution is 0.172. The first kappa shape index (κ1) is 13.0. The summed E-state index contributed by atoms with van der Waals surface area (Å²) in [7, 11) is 0.226. The second-order valence-electron chi connectivity index (χ2n) is 3.59. The largest absolute Gasteiger partial charge is 0.493 e. The second kappa shape index (κ2) is 6.53. The van der Waals surface area contributed by atoms with Crippen LogP contribution in [0.2, 0.25) is 0 Å². The molecule has 4 nitrogen and oxygen atoms in total. The Kier molecular flexibility index (Phi) is 5.32. The topological polar surface area (TPSA) is 58.9 Å². The Hall–Kier alpha value is -1.04. The molecule has 1 rings (SSSR count). The molecule has 0 spiro atoms. The minimum atomic E-state index is -1.43. The standard InChI is InChI=1S/C11H17BO4/c1-9-8-10(12(13)14)4-5-11(9)16-7-3-6-15-2/h4-5,8,13-14H,3,6-7H2,1-2H3. The van der Waals surface area contributed by atoms with Crippen LogP contribution in [0.4, 0.5) is 0 Å². The van der Waals surface area contributed by atoms with Crippen molar-refractivity contribution in [2.45, 2.75) is 13.3 Å². The highest BCUT2D eigenvalue weighted by Gasteiger charge is 2.12. The molecule has 0 heterocycles. The molecule has 0 bridgehead atoms. The van der Waals surface area contributed by atoms with Gasteiger partial charge >= 0.3 is 7.12 Å². The third-order valence-electron chi connectivity index (χ3n) is 2.25. The molecule has 0 aliphatic rings. The summed E-state index contributed by atoms with van der Waals surface area (Å²) in [6, 6.07) is 5.09. The molecule has 0 aromatic heterocycles. The van der Waals surface area contributed by atoms with E-state index in [1.165, 1.54) is 0 Å². The van der Waals surface area contributed by atoms with Crippen LogP contribution in [0.5, 0.6) is 5.75 Å². The molecule has 2 N–H and O–H groups in total. The van der Waals surface area contributed by atoms with Crippen molar-refractivity contribution in [1.82, 2.24) is 0 Å². The Morgan fingerprint density at radius 1 is 1.25 bits per heavy atom. The highest BCUT2D eigenvalue weighted by atomic mass is 16.5. The van der Waals surface area contributed by atoms with Gasteiger partial charge in [0.15, 0.2) is 0 Å². The van der Waals surface area contributed by atoms with E-state index in [4.69, 9.17) is 19.5 Å². The number of methoxy groups -OCH3 is 1. The van der Waals surface area contributed by atoms with Gasteiger partial charge in [-0.3, -0.25) is 0 Å². The molecule has 5 heteroatoms. The average Bonchev–Trinajstić information content (AvgIpc) is 2.26. The van der Waals surface area contributed by atoms with Crippen molar-refractivity contribution in [3.8, 4) is 5.75 Å². The minimum Gasteiger partial charge on any atom is -0.493 e. The average molecular weight is 224 g/mol. The highest BCUT2D eigenvalue weighted by molar-refractivity contribution is 6.58. The molecule has 0 amide bonds. The van der Waals surface area contributed by atoms with Gasteiger partial charge in [0, 0.05) is 20.1 Å². The lowest BCUT2D eigenvalue weighted by Gasteiger charge is -2.10. The minimum absolute atomic E-state index is 0.474. The Balaban J connectivity index is 2.54. The number of benzene rings is 1. The highest BCUT2D eigenvalue weighted by Crippen LogP contribution is 2.15. The van der Waals surface area contributed by atoms with Gasteiger partial charge in [0.1, 0.15) is 5.75 Å². The molecule has 0 saturated heterocycles. The molecule has 0 aliphatic carbocycles. The SMILES string of the molecule is COCCCOc1ccc(B(O)O)cc1C. The first-order valence-electron chi connectivity index (χ1n) is 5.23. The molecule has 16 heavy (non-hydrogen) atoms. The summed E-state index contributed by atoms with van der Waals surface area (Å²) in [5.41, 5.74) is 1.37. The van der Waals surface area contributed by atoms with Crippen molar-refractivity contribution in [3.63, 3.8) is 0 Å². The van der Waals surface area contributed by atoms with Crippen molar-refractivity contribution in [2.75, 3.05) is 20.3 Å². The van der Waals surface area contributed by atoms with Crippen molar-refractivity contribution < 1.29 is 19.5 Å². The predicted octanol–water partition coefficient (Wildman–Crippen LogP) is 0.0901. The molecule has 1 aromatic rings. The van der Waals surface area contributed by atoms with Crippen molar-refractivity contribution >= 4 is 12.6 Å². The van der Waals surface area contributed by atoms with E-state index < -0.39 is 7.12 Å². The fraction of sp³-hybridized carbons (Fsp3) is 0.455. The number of rotatable bonds is 6. The third kappa shape index (κ3) is 3.85. The smallest absolute Gasteiger partial charge is 0.488 e. The first-order chi connectivity index (χ1) is 7.65. The van der Waals surface area contributed by atoms with Crippen LogP contribution in [0, 0.1) is 6.92 Å². The summed E-state index contributed by atoms with van der Waals surface area (Å²) < 4.78 is 10.4. The summed E-state index contributed by atoms with van der Waals surface area (Å²) in [6.45, 7) is 3.14. The van der Waals surface area contributed by atoms with Gasteiger partial charge in [-0.05, 0) is 24.0 Å². The van der Waals surface area contributed by atoms with E-state index in [0.717, 1.165) is 17.7 Å². The number of aryl methyl sites for hydroxylation is 1. The Morgan fingerprint density at radius 2 is 2.00 bits per heavy atom. The van der Waals surface area contributed by atoms with Gasteiger partial charge in [-0.1, -0.05) is 12.1 Å². The van der Waals surface area contributed by atoms with E-state index in [9.17, 15) is 0 Å². The summed E-state index contributed by atoms with van der Waals surface area (Å²) in [4.78, 5) is 0. The van der Waals surface area contributed by atoms with Crippen LogP contribution >= 0.6 is 0 Å². The quantitative estimate of drug-likeness (QED) is 0.531. The van der Waals surface area contributed by atoms with Crippen LogP contribution in [-0.4, -0.2) is 37.5 Å². The van der Waals surface area contributed by atoms with Gasteiger partial charge in [-0.25, -0.2) is 0 Å². The van der Waals surface area contributed by atoms with Crippen LogP contribution < -0.4 is 10.2 Å². The number of hydrogen-bond acceptors (Lipinski definition) is 4.